The lowest BCUT2D eigenvalue weighted by Crippen LogP contribution is -2.26. The van der Waals surface area contributed by atoms with Crippen LogP contribution >= 0.6 is 0 Å². The van der Waals surface area contributed by atoms with Crippen LogP contribution in [0.5, 0.6) is 0 Å². The van der Waals surface area contributed by atoms with Gasteiger partial charge in [0.15, 0.2) is 11.6 Å². The molecule has 102 valence electrons. The van der Waals surface area contributed by atoms with E-state index in [9.17, 15) is 18.4 Å². The van der Waals surface area contributed by atoms with E-state index in [4.69, 9.17) is 0 Å². The molecule has 0 aliphatic carbocycles. The van der Waals surface area contributed by atoms with Gasteiger partial charge in [0, 0.05) is 19.5 Å². The Morgan fingerprint density at radius 3 is 2.79 bits per heavy atom. The van der Waals surface area contributed by atoms with Gasteiger partial charge in [-0.3, -0.25) is 9.59 Å². The average molecular weight is 269 g/mol. The van der Waals surface area contributed by atoms with Gasteiger partial charge in [-0.15, -0.1) is 0 Å². The van der Waals surface area contributed by atoms with Crippen molar-refractivity contribution in [2.24, 2.45) is 5.92 Å². The van der Waals surface area contributed by atoms with Crippen LogP contribution in [0.3, 0.4) is 0 Å². The topological polar surface area (TPSA) is 46.6 Å². The maximum atomic E-state index is 13.1. The number of hydrogen-bond donors (Lipinski definition) is 0. The molecule has 1 saturated heterocycles. The molecule has 1 aliphatic rings. The normalized spacial score (nSPS) is 18.8. The SMILES string of the molecule is COC(=O)[C@H]1CC(=O)N(Cc2ccc(F)c(F)c2)C1. The fourth-order valence-corrected chi connectivity index (χ4v) is 2.11. The molecule has 4 nitrogen and oxygen atoms in total. The number of methoxy groups -OCH3 is 1. The van der Waals surface area contributed by atoms with Crippen LogP contribution in [-0.4, -0.2) is 30.4 Å². The summed E-state index contributed by atoms with van der Waals surface area (Å²) < 4.78 is 30.4. The summed E-state index contributed by atoms with van der Waals surface area (Å²) in [6.45, 7) is 0.397. The number of likely N-dealkylation sites (tertiary alicyclic amines) is 1. The van der Waals surface area contributed by atoms with Crippen LogP contribution in [0.15, 0.2) is 18.2 Å². The lowest BCUT2D eigenvalue weighted by Gasteiger charge is -2.16. The van der Waals surface area contributed by atoms with Gasteiger partial charge >= 0.3 is 5.97 Å². The van der Waals surface area contributed by atoms with Crippen LogP contribution in [0.4, 0.5) is 8.78 Å². The zero-order valence-electron chi connectivity index (χ0n) is 10.4. The standard InChI is InChI=1S/C13H13F2NO3/c1-19-13(18)9-5-12(17)16(7-9)6-8-2-3-10(14)11(15)4-8/h2-4,9H,5-7H2,1H3/t9-/m0/s1. The maximum Gasteiger partial charge on any atom is 0.310 e. The van der Waals surface area contributed by atoms with Crippen molar-refractivity contribution in [2.45, 2.75) is 13.0 Å². The molecule has 0 aromatic heterocycles. The van der Waals surface area contributed by atoms with Gasteiger partial charge in [0.05, 0.1) is 13.0 Å². The van der Waals surface area contributed by atoms with E-state index in [1.54, 1.807) is 0 Å². The van der Waals surface area contributed by atoms with Crippen LogP contribution in [0.2, 0.25) is 0 Å². The van der Waals surface area contributed by atoms with E-state index >= 15 is 0 Å². The predicted molar refractivity (Wildman–Crippen MR) is 61.9 cm³/mol. The fraction of sp³-hybridized carbons (Fsp3) is 0.385. The highest BCUT2D eigenvalue weighted by Crippen LogP contribution is 2.21. The van der Waals surface area contributed by atoms with E-state index < -0.39 is 23.5 Å². The van der Waals surface area contributed by atoms with E-state index in [0.717, 1.165) is 12.1 Å². The Bertz CT molecular complexity index is 519. The molecule has 1 amide bonds. The highest BCUT2D eigenvalue weighted by atomic mass is 19.2. The van der Waals surface area contributed by atoms with Crippen molar-refractivity contribution in [3.05, 3.63) is 35.4 Å². The van der Waals surface area contributed by atoms with Gasteiger partial charge in [0.25, 0.3) is 0 Å². The molecule has 1 heterocycles. The second kappa shape index (κ2) is 5.34. The Kier molecular flexibility index (Phi) is 3.78. The molecule has 6 heteroatoms. The van der Waals surface area contributed by atoms with Gasteiger partial charge in [-0.25, -0.2) is 8.78 Å². The quantitative estimate of drug-likeness (QED) is 0.781. The summed E-state index contributed by atoms with van der Waals surface area (Å²) in [7, 11) is 1.27. The highest BCUT2D eigenvalue weighted by Gasteiger charge is 2.34. The van der Waals surface area contributed by atoms with Crippen molar-refractivity contribution >= 4 is 11.9 Å². The van der Waals surface area contributed by atoms with E-state index in [0.29, 0.717) is 5.56 Å². The minimum Gasteiger partial charge on any atom is -0.469 e. The second-order valence-corrected chi connectivity index (χ2v) is 4.45. The molecule has 1 aromatic rings. The van der Waals surface area contributed by atoms with Gasteiger partial charge in [0.1, 0.15) is 0 Å². The second-order valence-electron chi connectivity index (χ2n) is 4.45. The van der Waals surface area contributed by atoms with Crippen LogP contribution in [-0.2, 0) is 20.9 Å². The number of carbonyl (C=O) groups is 2. The van der Waals surface area contributed by atoms with Gasteiger partial charge in [-0.05, 0) is 17.7 Å². The molecule has 0 spiro atoms. The Morgan fingerprint density at radius 1 is 1.42 bits per heavy atom. The first-order valence-electron chi connectivity index (χ1n) is 5.80. The summed E-state index contributed by atoms with van der Waals surface area (Å²) in [6, 6.07) is 3.48. The average Bonchev–Trinajstić information content (AvgIpc) is 2.74. The Labute approximate surface area is 109 Å². The molecule has 1 aliphatic heterocycles. The molecule has 2 rings (SSSR count). The van der Waals surface area contributed by atoms with E-state index in [-0.39, 0.29) is 25.4 Å². The first-order valence-corrected chi connectivity index (χ1v) is 5.80. The first kappa shape index (κ1) is 13.5. The first-order chi connectivity index (χ1) is 9.01. The third-order valence-electron chi connectivity index (χ3n) is 3.11. The summed E-state index contributed by atoms with van der Waals surface area (Å²) in [5, 5.41) is 0. The van der Waals surface area contributed by atoms with Crippen molar-refractivity contribution in [3.8, 4) is 0 Å². The van der Waals surface area contributed by atoms with Crippen molar-refractivity contribution in [2.75, 3.05) is 13.7 Å². The van der Waals surface area contributed by atoms with Crippen LogP contribution in [0.25, 0.3) is 0 Å². The van der Waals surface area contributed by atoms with Gasteiger partial charge in [-0.1, -0.05) is 6.07 Å². The lowest BCUT2D eigenvalue weighted by molar-refractivity contribution is -0.145. The highest BCUT2D eigenvalue weighted by molar-refractivity contribution is 5.86. The van der Waals surface area contributed by atoms with Crippen LogP contribution in [0.1, 0.15) is 12.0 Å². The zero-order chi connectivity index (χ0) is 14.0. The van der Waals surface area contributed by atoms with Crippen molar-refractivity contribution in [1.82, 2.24) is 4.90 Å². The number of benzene rings is 1. The molecule has 1 aromatic carbocycles. The Hall–Kier alpha value is -1.98. The van der Waals surface area contributed by atoms with E-state index in [1.807, 2.05) is 0 Å². The van der Waals surface area contributed by atoms with Crippen molar-refractivity contribution < 1.29 is 23.1 Å². The lowest BCUT2D eigenvalue weighted by atomic mass is 10.1. The molecule has 0 unspecified atom stereocenters. The molecule has 1 fully saturated rings. The summed E-state index contributed by atoms with van der Waals surface area (Å²) >= 11 is 0. The number of halogens is 2. The third kappa shape index (κ3) is 2.89. The number of rotatable bonds is 3. The number of esters is 1. The van der Waals surface area contributed by atoms with Gasteiger partial charge in [0.2, 0.25) is 5.91 Å². The summed E-state index contributed by atoms with van der Waals surface area (Å²) in [6.07, 6.45) is 0.0936. The van der Waals surface area contributed by atoms with Crippen molar-refractivity contribution in [3.63, 3.8) is 0 Å². The fourth-order valence-electron chi connectivity index (χ4n) is 2.11. The molecule has 0 N–H and O–H groups in total. The largest absolute Gasteiger partial charge is 0.469 e. The molecule has 0 radical (unpaired) electrons. The number of nitrogens with zero attached hydrogens (tertiary/aromatic N) is 1. The summed E-state index contributed by atoms with van der Waals surface area (Å²) in [4.78, 5) is 24.5. The van der Waals surface area contributed by atoms with E-state index in [1.165, 1.54) is 18.1 Å². The number of carbonyl (C=O) groups excluding carboxylic acids is 2. The van der Waals surface area contributed by atoms with Crippen LogP contribution < -0.4 is 0 Å². The Balaban J connectivity index is 2.05. The zero-order valence-corrected chi connectivity index (χ0v) is 10.4. The smallest absolute Gasteiger partial charge is 0.310 e. The minimum atomic E-state index is -0.950. The third-order valence-corrected chi connectivity index (χ3v) is 3.11. The molecule has 1 atom stereocenters. The van der Waals surface area contributed by atoms with Gasteiger partial charge < -0.3 is 9.64 Å². The molecule has 19 heavy (non-hydrogen) atoms. The van der Waals surface area contributed by atoms with Crippen molar-refractivity contribution in [1.29, 1.82) is 0 Å². The molecular formula is C13H13F2NO3. The number of hydrogen-bond acceptors (Lipinski definition) is 3. The number of ether oxygens (including phenoxy) is 1. The monoisotopic (exact) mass is 269 g/mol. The molecular weight excluding hydrogens is 256 g/mol. The maximum absolute atomic E-state index is 13.1. The predicted octanol–water partition coefficient (Wildman–Crippen LogP) is 1.49. The Morgan fingerprint density at radius 2 is 2.16 bits per heavy atom. The van der Waals surface area contributed by atoms with Crippen LogP contribution in [0, 0.1) is 17.6 Å². The molecule has 0 saturated carbocycles. The summed E-state index contributed by atoms with van der Waals surface area (Å²) in [5.41, 5.74) is 0.484. The van der Waals surface area contributed by atoms with E-state index in [2.05, 4.69) is 4.74 Å². The number of amides is 1. The van der Waals surface area contributed by atoms with Gasteiger partial charge in [-0.2, -0.15) is 0 Å². The molecule has 0 bridgehead atoms. The summed E-state index contributed by atoms with van der Waals surface area (Å²) in [5.74, 6) is -2.98. The minimum absolute atomic E-state index is 0.0936.